The average Bonchev–Trinajstić information content (AvgIpc) is 2.39. The highest BCUT2D eigenvalue weighted by atomic mass is 16.5. The predicted octanol–water partition coefficient (Wildman–Crippen LogP) is 2.11. The van der Waals surface area contributed by atoms with Crippen LogP contribution in [0, 0.1) is 0 Å². The molecule has 17 heavy (non-hydrogen) atoms. The first kappa shape index (κ1) is 11.9. The van der Waals surface area contributed by atoms with Crippen LogP contribution in [0.1, 0.15) is 18.4 Å². The molecule has 1 aromatic carbocycles. The van der Waals surface area contributed by atoms with E-state index in [-0.39, 0.29) is 0 Å². The topological polar surface area (TPSA) is 45.1 Å². The summed E-state index contributed by atoms with van der Waals surface area (Å²) >= 11 is 0. The minimum absolute atomic E-state index is 0.777. The highest BCUT2D eigenvalue weighted by Gasteiger charge is 2.20. The van der Waals surface area contributed by atoms with Crippen molar-refractivity contribution in [2.45, 2.75) is 12.8 Å². The summed E-state index contributed by atoms with van der Waals surface area (Å²) < 4.78 is 5.07. The van der Waals surface area contributed by atoms with E-state index in [1.165, 1.54) is 0 Å². The van der Waals surface area contributed by atoms with E-state index in [0.29, 0.717) is 0 Å². The molecule has 0 fully saturated rings. The lowest BCUT2D eigenvalue weighted by molar-refractivity contribution is 0.196. The van der Waals surface area contributed by atoms with Gasteiger partial charge in [-0.25, -0.2) is 0 Å². The Morgan fingerprint density at radius 3 is 3.00 bits per heavy atom. The van der Waals surface area contributed by atoms with Gasteiger partial charge in [0.15, 0.2) is 0 Å². The van der Waals surface area contributed by atoms with Crippen molar-refractivity contribution in [3.8, 4) is 0 Å². The Bertz CT molecular complexity index is 404. The number of nitrogens with zero attached hydrogens (tertiary/aromatic N) is 2. The predicted molar refractivity (Wildman–Crippen MR) is 68.1 cm³/mol. The fourth-order valence-electron chi connectivity index (χ4n) is 2.23. The number of hydrogen-bond acceptors (Lipinski definition) is 4. The number of benzene rings is 1. The standard InChI is InChI=1S/C13H18N2O2/c1-17-10-4-8-15-9-7-12(14-16)11-5-2-3-6-13(11)15/h2-3,5-6,16H,4,7-10H2,1H3. The minimum atomic E-state index is 0.777. The van der Waals surface area contributed by atoms with Crippen molar-refractivity contribution in [2.24, 2.45) is 5.16 Å². The Labute approximate surface area is 101 Å². The SMILES string of the molecule is COCCCN1CCC(=NO)c2ccccc21. The van der Waals surface area contributed by atoms with E-state index in [0.717, 1.165) is 49.5 Å². The normalized spacial score (nSPS) is 17.2. The molecule has 2 rings (SSSR count). The molecule has 0 saturated heterocycles. The quantitative estimate of drug-likeness (QED) is 0.493. The molecule has 0 atom stereocenters. The molecule has 1 heterocycles. The second-order valence-electron chi connectivity index (χ2n) is 4.15. The molecule has 4 heteroatoms. The van der Waals surface area contributed by atoms with Crippen LogP contribution in [0.4, 0.5) is 5.69 Å². The van der Waals surface area contributed by atoms with Crippen molar-refractivity contribution in [3.05, 3.63) is 29.8 Å². The summed E-state index contributed by atoms with van der Waals surface area (Å²) in [6.07, 6.45) is 1.80. The molecule has 1 aromatic rings. The number of rotatable bonds is 4. The molecule has 0 spiro atoms. The van der Waals surface area contributed by atoms with Gasteiger partial charge in [0.2, 0.25) is 0 Å². The smallest absolute Gasteiger partial charge is 0.0906 e. The third-order valence-electron chi connectivity index (χ3n) is 3.07. The first-order valence-corrected chi connectivity index (χ1v) is 5.91. The summed E-state index contributed by atoms with van der Waals surface area (Å²) in [5.74, 6) is 0. The maximum atomic E-state index is 8.99. The molecular weight excluding hydrogens is 216 g/mol. The van der Waals surface area contributed by atoms with Crippen molar-refractivity contribution in [3.63, 3.8) is 0 Å². The number of hydrogen-bond donors (Lipinski definition) is 1. The van der Waals surface area contributed by atoms with E-state index in [9.17, 15) is 0 Å². The Morgan fingerprint density at radius 2 is 2.24 bits per heavy atom. The first-order chi connectivity index (χ1) is 8.36. The van der Waals surface area contributed by atoms with Crippen molar-refractivity contribution in [1.29, 1.82) is 0 Å². The molecule has 0 amide bonds. The Balaban J connectivity index is 2.16. The van der Waals surface area contributed by atoms with Crippen LogP contribution >= 0.6 is 0 Å². The highest BCUT2D eigenvalue weighted by Crippen LogP contribution is 2.27. The van der Waals surface area contributed by atoms with Gasteiger partial charge in [-0.1, -0.05) is 23.4 Å². The van der Waals surface area contributed by atoms with E-state index in [1.807, 2.05) is 18.2 Å². The molecule has 92 valence electrons. The van der Waals surface area contributed by atoms with Gasteiger partial charge < -0.3 is 14.8 Å². The minimum Gasteiger partial charge on any atom is -0.411 e. The molecule has 0 aliphatic carbocycles. The zero-order valence-corrected chi connectivity index (χ0v) is 10.1. The Hall–Kier alpha value is -1.55. The molecule has 4 nitrogen and oxygen atoms in total. The van der Waals surface area contributed by atoms with Gasteiger partial charge >= 0.3 is 0 Å². The van der Waals surface area contributed by atoms with Crippen LogP contribution in [0.2, 0.25) is 0 Å². The molecule has 0 bridgehead atoms. The molecule has 0 aromatic heterocycles. The van der Waals surface area contributed by atoms with Gasteiger partial charge in [-0.2, -0.15) is 0 Å². The summed E-state index contributed by atoms with van der Waals surface area (Å²) in [4.78, 5) is 2.32. The highest BCUT2D eigenvalue weighted by molar-refractivity contribution is 6.06. The summed E-state index contributed by atoms with van der Waals surface area (Å²) in [6.45, 7) is 2.66. The molecule has 0 unspecified atom stereocenters. The van der Waals surface area contributed by atoms with Gasteiger partial charge in [-0.05, 0) is 12.5 Å². The lowest BCUT2D eigenvalue weighted by Gasteiger charge is -2.31. The monoisotopic (exact) mass is 234 g/mol. The van der Waals surface area contributed by atoms with E-state index >= 15 is 0 Å². The van der Waals surface area contributed by atoms with Gasteiger partial charge in [-0.15, -0.1) is 0 Å². The van der Waals surface area contributed by atoms with Crippen molar-refractivity contribution >= 4 is 11.4 Å². The van der Waals surface area contributed by atoms with Crippen LogP contribution in [0.15, 0.2) is 29.4 Å². The number of fused-ring (bicyclic) bond motifs is 1. The Morgan fingerprint density at radius 1 is 1.41 bits per heavy atom. The van der Waals surface area contributed by atoms with Gasteiger partial charge in [0, 0.05) is 44.5 Å². The average molecular weight is 234 g/mol. The number of oxime groups is 1. The summed E-state index contributed by atoms with van der Waals surface area (Å²) in [7, 11) is 1.72. The zero-order chi connectivity index (χ0) is 12.1. The summed E-state index contributed by atoms with van der Waals surface area (Å²) in [6, 6.07) is 8.07. The largest absolute Gasteiger partial charge is 0.411 e. The number of methoxy groups -OCH3 is 1. The van der Waals surface area contributed by atoms with Crippen molar-refractivity contribution < 1.29 is 9.94 Å². The van der Waals surface area contributed by atoms with Crippen LogP contribution in [-0.2, 0) is 4.74 Å². The zero-order valence-electron chi connectivity index (χ0n) is 10.1. The molecule has 1 aliphatic rings. The van der Waals surface area contributed by atoms with E-state index in [2.05, 4.69) is 16.1 Å². The van der Waals surface area contributed by atoms with Crippen LogP contribution in [0.25, 0.3) is 0 Å². The molecule has 0 radical (unpaired) electrons. The van der Waals surface area contributed by atoms with Gasteiger partial charge in [-0.3, -0.25) is 0 Å². The third kappa shape index (κ3) is 2.58. The second kappa shape index (κ2) is 5.68. The summed E-state index contributed by atoms with van der Waals surface area (Å²) in [5, 5.41) is 12.4. The molecular formula is C13H18N2O2. The van der Waals surface area contributed by atoms with Crippen LogP contribution in [0.5, 0.6) is 0 Å². The second-order valence-corrected chi connectivity index (χ2v) is 4.15. The third-order valence-corrected chi connectivity index (χ3v) is 3.07. The first-order valence-electron chi connectivity index (χ1n) is 5.91. The van der Waals surface area contributed by atoms with E-state index in [1.54, 1.807) is 7.11 Å². The van der Waals surface area contributed by atoms with Crippen LogP contribution in [0.3, 0.4) is 0 Å². The van der Waals surface area contributed by atoms with E-state index in [4.69, 9.17) is 9.94 Å². The lowest BCUT2D eigenvalue weighted by Crippen LogP contribution is -2.33. The number of para-hydroxylation sites is 1. The molecule has 1 aliphatic heterocycles. The van der Waals surface area contributed by atoms with E-state index < -0.39 is 0 Å². The van der Waals surface area contributed by atoms with Crippen molar-refractivity contribution in [2.75, 3.05) is 31.7 Å². The molecule has 0 saturated carbocycles. The van der Waals surface area contributed by atoms with Gasteiger partial charge in [0.05, 0.1) is 5.71 Å². The van der Waals surface area contributed by atoms with Crippen LogP contribution in [-0.4, -0.2) is 37.7 Å². The number of anilines is 1. The van der Waals surface area contributed by atoms with Crippen molar-refractivity contribution in [1.82, 2.24) is 0 Å². The summed E-state index contributed by atoms with van der Waals surface area (Å²) in [5.41, 5.74) is 2.98. The van der Waals surface area contributed by atoms with Crippen LogP contribution < -0.4 is 4.90 Å². The van der Waals surface area contributed by atoms with Gasteiger partial charge in [0.25, 0.3) is 0 Å². The fourth-order valence-corrected chi connectivity index (χ4v) is 2.23. The fraction of sp³-hybridized carbons (Fsp3) is 0.462. The molecule has 1 N–H and O–H groups in total. The maximum Gasteiger partial charge on any atom is 0.0906 e. The lowest BCUT2D eigenvalue weighted by atomic mass is 9.99. The number of ether oxygens (including phenoxy) is 1. The Kier molecular flexibility index (Phi) is 3.98. The van der Waals surface area contributed by atoms with Gasteiger partial charge in [0.1, 0.15) is 0 Å². The maximum absolute atomic E-state index is 8.99.